The summed E-state index contributed by atoms with van der Waals surface area (Å²) in [5.74, 6) is 0.909. The van der Waals surface area contributed by atoms with Crippen molar-refractivity contribution in [1.29, 1.82) is 0 Å². The first-order valence-corrected chi connectivity index (χ1v) is 6.63. The van der Waals surface area contributed by atoms with Crippen LogP contribution in [0.1, 0.15) is 5.56 Å². The molecule has 0 radical (unpaired) electrons. The van der Waals surface area contributed by atoms with Gasteiger partial charge in [0, 0.05) is 19.6 Å². The normalized spacial score (nSPS) is 10.6. The third-order valence-electron chi connectivity index (χ3n) is 3.31. The number of rotatable bonds is 6. The van der Waals surface area contributed by atoms with Crippen molar-refractivity contribution in [3.05, 3.63) is 42.0 Å². The second-order valence-electron chi connectivity index (χ2n) is 4.89. The zero-order valence-electron chi connectivity index (χ0n) is 12.3. The van der Waals surface area contributed by atoms with Crippen molar-refractivity contribution in [1.82, 2.24) is 10.2 Å². The summed E-state index contributed by atoms with van der Waals surface area (Å²) in [6, 6.07) is 12.8. The van der Waals surface area contributed by atoms with Gasteiger partial charge < -0.3 is 15.0 Å². The molecule has 0 fully saturated rings. The largest absolute Gasteiger partial charge is 0.497 e. The summed E-state index contributed by atoms with van der Waals surface area (Å²) < 4.78 is 5.25. The molecule has 0 heterocycles. The summed E-state index contributed by atoms with van der Waals surface area (Å²) in [7, 11) is 5.83. The number of methoxy groups -OCH3 is 1. The van der Waals surface area contributed by atoms with Crippen molar-refractivity contribution in [3.8, 4) is 5.75 Å². The van der Waals surface area contributed by atoms with Crippen LogP contribution in [0.15, 0.2) is 36.4 Å². The Balaban J connectivity index is 0.00000200. The summed E-state index contributed by atoms with van der Waals surface area (Å²) in [6.07, 6.45) is 0. The maximum atomic E-state index is 5.25. The first kappa shape index (κ1) is 16.8. The van der Waals surface area contributed by atoms with Gasteiger partial charge in [-0.1, -0.05) is 18.2 Å². The molecule has 110 valence electrons. The van der Waals surface area contributed by atoms with Crippen LogP contribution in [-0.4, -0.2) is 39.2 Å². The lowest BCUT2D eigenvalue weighted by Crippen LogP contribution is -2.26. The standard InChI is InChI=1S/C16H22N2O.ClH/c1-17-8-9-18(2)12-13-4-5-15-11-16(19-3)7-6-14(15)10-13;/h4-7,10-11,17H,8-9,12H2,1-3H3;1H. The van der Waals surface area contributed by atoms with E-state index in [1.165, 1.54) is 16.3 Å². The summed E-state index contributed by atoms with van der Waals surface area (Å²) >= 11 is 0. The molecule has 0 aliphatic carbocycles. The van der Waals surface area contributed by atoms with Gasteiger partial charge in [0.05, 0.1) is 7.11 Å². The maximum absolute atomic E-state index is 5.25. The van der Waals surface area contributed by atoms with E-state index in [1.54, 1.807) is 7.11 Å². The topological polar surface area (TPSA) is 24.5 Å². The number of hydrogen-bond donors (Lipinski definition) is 1. The Morgan fingerprint density at radius 3 is 2.50 bits per heavy atom. The van der Waals surface area contributed by atoms with Crippen LogP contribution in [0.4, 0.5) is 0 Å². The molecule has 0 spiro atoms. The Morgan fingerprint density at radius 2 is 1.80 bits per heavy atom. The van der Waals surface area contributed by atoms with E-state index in [4.69, 9.17) is 4.74 Å². The number of ether oxygens (including phenoxy) is 1. The predicted octanol–water partition coefficient (Wildman–Crippen LogP) is 2.92. The molecule has 2 aromatic rings. The van der Waals surface area contributed by atoms with Crippen LogP contribution in [0.25, 0.3) is 10.8 Å². The molecule has 0 aliphatic rings. The van der Waals surface area contributed by atoms with E-state index >= 15 is 0 Å². The highest BCUT2D eigenvalue weighted by Crippen LogP contribution is 2.22. The molecule has 0 bridgehead atoms. The first-order valence-electron chi connectivity index (χ1n) is 6.63. The highest BCUT2D eigenvalue weighted by Gasteiger charge is 2.02. The fourth-order valence-corrected chi connectivity index (χ4v) is 2.19. The lowest BCUT2D eigenvalue weighted by atomic mass is 10.1. The van der Waals surface area contributed by atoms with E-state index in [0.717, 1.165) is 25.4 Å². The van der Waals surface area contributed by atoms with Crippen molar-refractivity contribution >= 4 is 23.2 Å². The zero-order valence-corrected chi connectivity index (χ0v) is 13.2. The minimum Gasteiger partial charge on any atom is -0.497 e. The highest BCUT2D eigenvalue weighted by molar-refractivity contribution is 5.85. The Kier molecular flexibility index (Phi) is 6.79. The molecule has 4 heteroatoms. The fourth-order valence-electron chi connectivity index (χ4n) is 2.19. The highest BCUT2D eigenvalue weighted by atomic mass is 35.5. The third kappa shape index (κ3) is 4.37. The van der Waals surface area contributed by atoms with Crippen LogP contribution >= 0.6 is 12.4 Å². The average molecular weight is 295 g/mol. The number of halogens is 1. The molecule has 3 nitrogen and oxygen atoms in total. The molecule has 0 saturated carbocycles. The van der Waals surface area contributed by atoms with Crippen molar-refractivity contribution in [2.45, 2.75) is 6.54 Å². The first-order chi connectivity index (χ1) is 9.22. The third-order valence-corrected chi connectivity index (χ3v) is 3.31. The molecule has 0 unspecified atom stereocenters. The number of nitrogens with zero attached hydrogens (tertiary/aromatic N) is 1. The number of fused-ring (bicyclic) bond motifs is 1. The number of benzene rings is 2. The van der Waals surface area contributed by atoms with E-state index in [0.29, 0.717) is 0 Å². The van der Waals surface area contributed by atoms with Crippen LogP contribution in [0.3, 0.4) is 0 Å². The Labute approximate surface area is 127 Å². The molecular weight excluding hydrogens is 272 g/mol. The Bertz CT molecular complexity index is 545. The second kappa shape index (κ2) is 8.10. The van der Waals surface area contributed by atoms with Gasteiger partial charge in [-0.05, 0) is 48.6 Å². The minimum atomic E-state index is 0. The fraction of sp³-hybridized carbons (Fsp3) is 0.375. The summed E-state index contributed by atoms with van der Waals surface area (Å²) in [4.78, 5) is 2.32. The Hall–Kier alpha value is -1.29. The van der Waals surface area contributed by atoms with Gasteiger partial charge in [0.15, 0.2) is 0 Å². The average Bonchev–Trinajstić information content (AvgIpc) is 2.44. The summed E-state index contributed by atoms with van der Waals surface area (Å²) in [5, 5.41) is 5.66. The van der Waals surface area contributed by atoms with E-state index < -0.39 is 0 Å². The van der Waals surface area contributed by atoms with Gasteiger partial charge >= 0.3 is 0 Å². The van der Waals surface area contributed by atoms with E-state index in [9.17, 15) is 0 Å². The van der Waals surface area contributed by atoms with E-state index in [2.05, 4.69) is 47.6 Å². The smallest absolute Gasteiger partial charge is 0.119 e. The van der Waals surface area contributed by atoms with Gasteiger partial charge in [-0.15, -0.1) is 12.4 Å². The monoisotopic (exact) mass is 294 g/mol. The minimum absolute atomic E-state index is 0. The van der Waals surface area contributed by atoms with Crippen LogP contribution in [0.5, 0.6) is 5.75 Å². The molecule has 2 aromatic carbocycles. The number of hydrogen-bond acceptors (Lipinski definition) is 3. The quantitative estimate of drug-likeness (QED) is 0.886. The molecular formula is C16H23ClN2O. The van der Waals surface area contributed by atoms with Crippen molar-refractivity contribution in [2.75, 3.05) is 34.3 Å². The number of nitrogens with one attached hydrogen (secondary N) is 1. The van der Waals surface area contributed by atoms with Gasteiger partial charge in [0.25, 0.3) is 0 Å². The summed E-state index contributed by atoms with van der Waals surface area (Å²) in [5.41, 5.74) is 1.34. The number of likely N-dealkylation sites (N-methyl/N-ethyl adjacent to an activating group) is 2. The van der Waals surface area contributed by atoms with E-state index in [-0.39, 0.29) is 12.4 Å². The molecule has 0 aliphatic heterocycles. The SMILES string of the molecule is CNCCN(C)Cc1ccc2cc(OC)ccc2c1.Cl. The van der Waals surface area contributed by atoms with Crippen molar-refractivity contribution in [3.63, 3.8) is 0 Å². The van der Waals surface area contributed by atoms with Gasteiger partial charge in [-0.25, -0.2) is 0 Å². The predicted molar refractivity (Wildman–Crippen MR) is 88.0 cm³/mol. The molecule has 0 atom stereocenters. The second-order valence-corrected chi connectivity index (χ2v) is 4.89. The van der Waals surface area contributed by atoms with Gasteiger partial charge in [0.1, 0.15) is 5.75 Å². The maximum Gasteiger partial charge on any atom is 0.119 e. The lowest BCUT2D eigenvalue weighted by molar-refractivity contribution is 0.328. The van der Waals surface area contributed by atoms with Crippen LogP contribution in [-0.2, 0) is 6.54 Å². The summed E-state index contributed by atoms with van der Waals surface area (Å²) in [6.45, 7) is 3.04. The molecule has 2 rings (SSSR count). The van der Waals surface area contributed by atoms with Gasteiger partial charge in [-0.3, -0.25) is 0 Å². The van der Waals surface area contributed by atoms with E-state index in [1.807, 2.05) is 13.1 Å². The van der Waals surface area contributed by atoms with Gasteiger partial charge in [-0.2, -0.15) is 0 Å². The lowest BCUT2D eigenvalue weighted by Gasteiger charge is -2.16. The molecule has 20 heavy (non-hydrogen) atoms. The molecule has 1 N–H and O–H groups in total. The van der Waals surface area contributed by atoms with Crippen molar-refractivity contribution in [2.24, 2.45) is 0 Å². The molecule has 0 amide bonds. The molecule has 0 aromatic heterocycles. The van der Waals surface area contributed by atoms with Crippen molar-refractivity contribution < 1.29 is 4.74 Å². The van der Waals surface area contributed by atoms with Crippen LogP contribution in [0.2, 0.25) is 0 Å². The Morgan fingerprint density at radius 1 is 1.10 bits per heavy atom. The van der Waals surface area contributed by atoms with Crippen LogP contribution in [0, 0.1) is 0 Å². The molecule has 0 saturated heterocycles. The van der Waals surface area contributed by atoms with Crippen LogP contribution < -0.4 is 10.1 Å². The van der Waals surface area contributed by atoms with Gasteiger partial charge in [0.2, 0.25) is 0 Å². The zero-order chi connectivity index (χ0) is 13.7.